The van der Waals surface area contributed by atoms with E-state index >= 15 is 0 Å². The Morgan fingerprint density at radius 1 is 1.45 bits per heavy atom. The van der Waals surface area contributed by atoms with E-state index in [1.807, 2.05) is 30.1 Å². The van der Waals surface area contributed by atoms with Gasteiger partial charge in [-0.05, 0) is 25.0 Å². The summed E-state index contributed by atoms with van der Waals surface area (Å²) in [5, 5.41) is 3.14. The van der Waals surface area contributed by atoms with Crippen LogP contribution in [0.2, 0.25) is 0 Å². The van der Waals surface area contributed by atoms with Gasteiger partial charge in [0.15, 0.2) is 0 Å². The van der Waals surface area contributed by atoms with Gasteiger partial charge in [0.2, 0.25) is 5.91 Å². The lowest BCUT2D eigenvalue weighted by Gasteiger charge is -2.33. The lowest BCUT2D eigenvalue weighted by atomic mass is 9.99. The Labute approximate surface area is 126 Å². The maximum Gasteiger partial charge on any atom is 0.228 e. The molecule has 20 heavy (non-hydrogen) atoms. The Hall–Kier alpha value is -1.26. The van der Waals surface area contributed by atoms with Crippen molar-refractivity contribution in [3.8, 4) is 5.75 Å². The number of nitrogens with zero attached hydrogens (tertiary/aromatic N) is 1. The molecule has 1 aromatic rings. The second-order valence-corrected chi connectivity index (χ2v) is 5.17. The van der Waals surface area contributed by atoms with Crippen molar-refractivity contribution < 1.29 is 9.53 Å². The molecular formula is C15H23ClN2O2. The summed E-state index contributed by atoms with van der Waals surface area (Å²) in [4.78, 5) is 14.0. The van der Waals surface area contributed by atoms with Gasteiger partial charge in [0.25, 0.3) is 0 Å². The predicted molar refractivity (Wildman–Crippen MR) is 82.5 cm³/mol. The van der Waals surface area contributed by atoms with Crippen molar-refractivity contribution in [3.05, 3.63) is 29.8 Å². The van der Waals surface area contributed by atoms with Crippen LogP contribution in [-0.2, 0) is 11.2 Å². The molecule has 112 valence electrons. The third-order valence-corrected chi connectivity index (χ3v) is 3.85. The van der Waals surface area contributed by atoms with Crippen molar-refractivity contribution >= 4 is 18.3 Å². The molecule has 0 radical (unpaired) electrons. The van der Waals surface area contributed by atoms with Gasteiger partial charge >= 0.3 is 0 Å². The topological polar surface area (TPSA) is 41.6 Å². The summed E-state index contributed by atoms with van der Waals surface area (Å²) in [7, 11) is 3.57. The summed E-state index contributed by atoms with van der Waals surface area (Å²) in [5.74, 6) is 1.28. The number of carbonyl (C=O) groups is 1. The molecule has 0 aliphatic carbocycles. The smallest absolute Gasteiger partial charge is 0.228 e. The molecule has 1 aliphatic rings. The maximum absolute atomic E-state index is 12.2. The number of likely N-dealkylation sites (N-methyl/N-ethyl adjacent to an activating group) is 1. The molecule has 0 aromatic heterocycles. The number of para-hydroxylation sites is 1. The number of hydrogen-bond donors (Lipinski definition) is 1. The highest BCUT2D eigenvalue weighted by Gasteiger charge is 2.29. The number of rotatable bonds is 5. The zero-order valence-corrected chi connectivity index (χ0v) is 13.1. The Morgan fingerprint density at radius 3 is 2.65 bits per heavy atom. The summed E-state index contributed by atoms with van der Waals surface area (Å²) < 4.78 is 5.35. The van der Waals surface area contributed by atoms with E-state index in [1.54, 1.807) is 7.11 Å². The summed E-state index contributed by atoms with van der Waals surface area (Å²) in [6.45, 7) is 3.70. The fourth-order valence-corrected chi connectivity index (χ4v) is 2.30. The van der Waals surface area contributed by atoms with E-state index in [1.165, 1.54) is 0 Å². The van der Waals surface area contributed by atoms with Gasteiger partial charge in [0, 0.05) is 26.2 Å². The van der Waals surface area contributed by atoms with Crippen LogP contribution in [0.3, 0.4) is 0 Å². The first kappa shape index (κ1) is 16.8. The summed E-state index contributed by atoms with van der Waals surface area (Å²) in [6, 6.07) is 8.15. The lowest BCUT2D eigenvalue weighted by Crippen LogP contribution is -2.53. The highest BCUT2D eigenvalue weighted by molar-refractivity contribution is 5.85. The van der Waals surface area contributed by atoms with Crippen molar-refractivity contribution in [1.82, 2.24) is 10.2 Å². The van der Waals surface area contributed by atoms with Crippen LogP contribution in [0.5, 0.6) is 5.75 Å². The van der Waals surface area contributed by atoms with E-state index in [0.29, 0.717) is 0 Å². The Balaban J connectivity index is 0.00000200. The second-order valence-electron chi connectivity index (χ2n) is 5.17. The normalized spacial score (nSPS) is 15.8. The average Bonchev–Trinajstić information content (AvgIpc) is 2.36. The van der Waals surface area contributed by atoms with Crippen LogP contribution >= 0.6 is 12.4 Å². The van der Waals surface area contributed by atoms with Crippen LogP contribution in [0, 0.1) is 5.92 Å². The first-order valence-electron chi connectivity index (χ1n) is 6.72. The molecule has 1 amide bonds. The van der Waals surface area contributed by atoms with Gasteiger partial charge in [-0.2, -0.15) is 0 Å². The number of amides is 1. The molecule has 1 aromatic carbocycles. The van der Waals surface area contributed by atoms with Crippen LogP contribution in [0.4, 0.5) is 0 Å². The minimum Gasteiger partial charge on any atom is -0.496 e. The van der Waals surface area contributed by atoms with E-state index in [9.17, 15) is 4.79 Å². The Kier molecular flexibility index (Phi) is 6.30. The molecule has 1 aliphatic heterocycles. The van der Waals surface area contributed by atoms with Crippen molar-refractivity contribution in [2.24, 2.45) is 5.92 Å². The predicted octanol–water partition coefficient (Wildman–Crippen LogP) is 1.73. The first-order valence-corrected chi connectivity index (χ1v) is 6.72. The molecule has 0 saturated carbocycles. The van der Waals surface area contributed by atoms with E-state index < -0.39 is 0 Å². The quantitative estimate of drug-likeness (QED) is 0.900. The third kappa shape index (κ3) is 3.64. The Morgan fingerprint density at radius 2 is 2.10 bits per heavy atom. The number of nitrogens with one attached hydrogen (secondary N) is 1. The fraction of sp³-hybridized carbons (Fsp3) is 0.533. The number of methoxy groups -OCH3 is 1. The fourth-order valence-electron chi connectivity index (χ4n) is 2.30. The second kappa shape index (κ2) is 7.50. The van der Waals surface area contributed by atoms with Crippen molar-refractivity contribution in [2.75, 3.05) is 27.2 Å². The molecule has 1 atom stereocenters. The molecule has 0 bridgehead atoms. The van der Waals surface area contributed by atoms with Gasteiger partial charge in [-0.1, -0.05) is 18.2 Å². The number of benzene rings is 1. The van der Waals surface area contributed by atoms with E-state index in [2.05, 4.69) is 18.3 Å². The zero-order chi connectivity index (χ0) is 13.8. The van der Waals surface area contributed by atoms with E-state index in [-0.39, 0.29) is 30.3 Å². The number of carbonyl (C=O) groups excluding carboxylic acids is 1. The summed E-state index contributed by atoms with van der Waals surface area (Å²) in [5.41, 5.74) is 1.14. The molecule has 1 unspecified atom stereocenters. The van der Waals surface area contributed by atoms with Gasteiger partial charge in [0.05, 0.1) is 13.0 Å². The standard InChI is InChI=1S/C15H22N2O2.ClH/c1-11(17(2)15(18)13-9-16-10-13)8-12-6-4-5-7-14(12)19-3;/h4-7,11,13,16H,8-10H2,1-3H3;1H. The van der Waals surface area contributed by atoms with Crippen molar-refractivity contribution in [2.45, 2.75) is 19.4 Å². The SMILES string of the molecule is COc1ccccc1CC(C)N(C)C(=O)C1CNC1.Cl. The monoisotopic (exact) mass is 298 g/mol. The van der Waals surface area contributed by atoms with Gasteiger partial charge in [-0.25, -0.2) is 0 Å². The van der Waals surface area contributed by atoms with Gasteiger partial charge in [0.1, 0.15) is 5.75 Å². The summed E-state index contributed by atoms with van der Waals surface area (Å²) in [6.07, 6.45) is 0.812. The molecule has 1 heterocycles. The number of ether oxygens (including phenoxy) is 1. The largest absolute Gasteiger partial charge is 0.496 e. The number of hydrogen-bond acceptors (Lipinski definition) is 3. The highest BCUT2D eigenvalue weighted by Crippen LogP contribution is 2.21. The molecule has 1 saturated heterocycles. The molecular weight excluding hydrogens is 276 g/mol. The molecule has 4 nitrogen and oxygen atoms in total. The average molecular weight is 299 g/mol. The van der Waals surface area contributed by atoms with E-state index in [4.69, 9.17) is 4.74 Å². The molecule has 0 spiro atoms. The maximum atomic E-state index is 12.2. The minimum atomic E-state index is 0. The highest BCUT2D eigenvalue weighted by atomic mass is 35.5. The van der Waals surface area contributed by atoms with Gasteiger partial charge < -0.3 is 15.0 Å². The molecule has 2 rings (SSSR count). The van der Waals surface area contributed by atoms with Crippen molar-refractivity contribution in [3.63, 3.8) is 0 Å². The van der Waals surface area contributed by atoms with Crippen LogP contribution in [-0.4, -0.2) is 44.1 Å². The lowest BCUT2D eigenvalue weighted by molar-refractivity contribution is -0.137. The molecule has 1 fully saturated rings. The van der Waals surface area contributed by atoms with Crippen LogP contribution in [0.1, 0.15) is 12.5 Å². The van der Waals surface area contributed by atoms with Crippen molar-refractivity contribution in [1.29, 1.82) is 0 Å². The minimum absolute atomic E-state index is 0. The zero-order valence-electron chi connectivity index (χ0n) is 12.3. The van der Waals surface area contributed by atoms with Crippen LogP contribution < -0.4 is 10.1 Å². The molecule has 1 N–H and O–H groups in total. The third-order valence-electron chi connectivity index (χ3n) is 3.85. The molecule has 5 heteroatoms. The Bertz CT molecular complexity index is 449. The van der Waals surface area contributed by atoms with Crippen LogP contribution in [0.25, 0.3) is 0 Å². The van der Waals surface area contributed by atoms with Gasteiger partial charge in [-0.15, -0.1) is 12.4 Å². The first-order chi connectivity index (χ1) is 9.13. The number of halogens is 1. The van der Waals surface area contributed by atoms with Crippen LogP contribution in [0.15, 0.2) is 24.3 Å². The summed E-state index contributed by atoms with van der Waals surface area (Å²) >= 11 is 0. The van der Waals surface area contributed by atoms with Gasteiger partial charge in [-0.3, -0.25) is 4.79 Å². The van der Waals surface area contributed by atoms with E-state index in [0.717, 1.165) is 30.8 Å².